The topological polar surface area (TPSA) is 86.8 Å². The molecule has 0 aliphatic carbocycles. The van der Waals surface area contributed by atoms with E-state index < -0.39 is 46.1 Å². The average Bonchev–Trinajstić information content (AvgIpc) is 2.91. The lowest BCUT2D eigenvalue weighted by Crippen LogP contribution is -2.53. The van der Waals surface area contributed by atoms with Crippen LogP contribution in [0.15, 0.2) is 72.8 Å². The zero-order valence-corrected chi connectivity index (χ0v) is 23.9. The van der Waals surface area contributed by atoms with Crippen molar-refractivity contribution in [2.75, 3.05) is 23.7 Å². The van der Waals surface area contributed by atoms with E-state index in [1.54, 1.807) is 24.3 Å². The second-order valence-electron chi connectivity index (χ2n) is 9.37. The van der Waals surface area contributed by atoms with Crippen molar-refractivity contribution in [1.82, 2.24) is 10.2 Å². The molecule has 0 aromatic heterocycles. The lowest BCUT2D eigenvalue weighted by molar-refractivity contribution is -0.140. The minimum Gasteiger partial charge on any atom is -0.354 e. The zero-order valence-electron chi connectivity index (χ0n) is 22.3. The van der Waals surface area contributed by atoms with Crippen molar-refractivity contribution in [2.24, 2.45) is 0 Å². The van der Waals surface area contributed by atoms with E-state index in [1.807, 2.05) is 37.3 Å². The van der Waals surface area contributed by atoms with Crippen LogP contribution in [0.4, 0.5) is 14.5 Å². The van der Waals surface area contributed by atoms with Gasteiger partial charge in [-0.15, -0.1) is 0 Å². The van der Waals surface area contributed by atoms with Crippen LogP contribution < -0.4 is 9.62 Å². The van der Waals surface area contributed by atoms with E-state index in [2.05, 4.69) is 5.32 Å². The summed E-state index contributed by atoms with van der Waals surface area (Å²) in [5.74, 6) is -3.52. The molecule has 0 radical (unpaired) electrons. The standard InChI is InChI=1S/C29H32ClF2N3O4S/c1-3-4-15-33-29(37)27(17-21-9-6-5-7-10-21)34(19-22-11-8-12-23(30)16-22)28(36)20-35(40(2,38)39)24-13-14-25(31)26(32)18-24/h5-14,16,18,27H,3-4,15,17,19-20H2,1-2H3,(H,33,37)/t27-/m0/s1. The Bertz CT molecular complexity index is 1420. The molecule has 3 rings (SSSR count). The van der Waals surface area contributed by atoms with Crippen molar-refractivity contribution in [3.8, 4) is 0 Å². The molecule has 0 unspecified atom stereocenters. The van der Waals surface area contributed by atoms with Gasteiger partial charge in [-0.1, -0.05) is 67.4 Å². The highest BCUT2D eigenvalue weighted by molar-refractivity contribution is 7.92. The van der Waals surface area contributed by atoms with E-state index in [1.165, 1.54) is 4.90 Å². The van der Waals surface area contributed by atoms with Crippen LogP contribution in [-0.4, -0.2) is 50.5 Å². The van der Waals surface area contributed by atoms with Crippen molar-refractivity contribution in [2.45, 2.75) is 38.8 Å². The average molecular weight is 592 g/mol. The Morgan fingerprint density at radius 1 is 0.950 bits per heavy atom. The summed E-state index contributed by atoms with van der Waals surface area (Å²) in [6.07, 6.45) is 2.62. The zero-order chi connectivity index (χ0) is 29.3. The molecule has 0 fully saturated rings. The molecule has 214 valence electrons. The predicted molar refractivity (Wildman–Crippen MR) is 152 cm³/mol. The summed E-state index contributed by atoms with van der Waals surface area (Å²) < 4.78 is 53.7. The fourth-order valence-electron chi connectivity index (χ4n) is 4.15. The number of carbonyl (C=O) groups is 2. The fraction of sp³-hybridized carbons (Fsp3) is 0.310. The molecule has 0 heterocycles. The Morgan fingerprint density at radius 3 is 2.27 bits per heavy atom. The van der Waals surface area contributed by atoms with Crippen LogP contribution in [0.3, 0.4) is 0 Å². The van der Waals surface area contributed by atoms with Crippen molar-refractivity contribution in [3.63, 3.8) is 0 Å². The number of nitrogens with zero attached hydrogens (tertiary/aromatic N) is 2. The van der Waals surface area contributed by atoms with Gasteiger partial charge in [-0.25, -0.2) is 17.2 Å². The maximum atomic E-state index is 14.0. The third-order valence-corrected chi connectivity index (χ3v) is 7.59. The molecule has 1 atom stereocenters. The molecule has 1 N–H and O–H groups in total. The third kappa shape index (κ3) is 8.76. The Morgan fingerprint density at radius 2 is 1.65 bits per heavy atom. The summed E-state index contributed by atoms with van der Waals surface area (Å²) in [7, 11) is -4.10. The third-order valence-electron chi connectivity index (χ3n) is 6.21. The van der Waals surface area contributed by atoms with Gasteiger partial charge in [0.25, 0.3) is 0 Å². The molecule has 0 aliphatic rings. The lowest BCUT2D eigenvalue weighted by Gasteiger charge is -2.33. The van der Waals surface area contributed by atoms with Crippen LogP contribution in [0.25, 0.3) is 0 Å². The number of sulfonamides is 1. The molecular weight excluding hydrogens is 560 g/mol. The lowest BCUT2D eigenvalue weighted by atomic mass is 10.0. The first-order chi connectivity index (χ1) is 19.0. The highest BCUT2D eigenvalue weighted by Gasteiger charge is 2.33. The molecule has 11 heteroatoms. The SMILES string of the molecule is CCCCNC(=O)[C@H](Cc1ccccc1)N(Cc1cccc(Cl)c1)C(=O)CN(c1ccc(F)c(F)c1)S(C)(=O)=O. The molecule has 40 heavy (non-hydrogen) atoms. The molecule has 0 saturated carbocycles. The highest BCUT2D eigenvalue weighted by Crippen LogP contribution is 2.23. The summed E-state index contributed by atoms with van der Waals surface area (Å²) in [6.45, 7) is 1.61. The van der Waals surface area contributed by atoms with Gasteiger partial charge >= 0.3 is 0 Å². The maximum absolute atomic E-state index is 14.0. The molecule has 7 nitrogen and oxygen atoms in total. The molecule has 0 bridgehead atoms. The first-order valence-corrected chi connectivity index (χ1v) is 15.0. The van der Waals surface area contributed by atoms with Gasteiger partial charge in [0.05, 0.1) is 11.9 Å². The van der Waals surface area contributed by atoms with E-state index in [-0.39, 0.29) is 18.7 Å². The predicted octanol–water partition coefficient (Wildman–Crippen LogP) is 4.94. The molecule has 3 aromatic carbocycles. The van der Waals surface area contributed by atoms with Crippen LogP contribution in [-0.2, 0) is 32.6 Å². The molecule has 2 amide bonds. The van der Waals surface area contributed by atoms with Crippen LogP contribution in [0.5, 0.6) is 0 Å². The van der Waals surface area contributed by atoms with Crippen molar-refractivity contribution in [1.29, 1.82) is 0 Å². The monoisotopic (exact) mass is 591 g/mol. The minimum atomic E-state index is -4.10. The largest absolute Gasteiger partial charge is 0.354 e. The van der Waals surface area contributed by atoms with Crippen molar-refractivity contribution < 1.29 is 26.8 Å². The van der Waals surface area contributed by atoms with Gasteiger partial charge in [-0.2, -0.15) is 0 Å². The number of hydrogen-bond donors (Lipinski definition) is 1. The number of amides is 2. The summed E-state index contributed by atoms with van der Waals surface area (Å²) in [6, 6.07) is 17.5. The van der Waals surface area contributed by atoms with Crippen LogP contribution in [0, 0.1) is 11.6 Å². The molecular formula is C29H32ClF2N3O4S. The number of carbonyl (C=O) groups excluding carboxylic acids is 2. The van der Waals surface area contributed by atoms with Crippen LogP contribution in [0.1, 0.15) is 30.9 Å². The fourth-order valence-corrected chi connectivity index (χ4v) is 5.20. The Labute approximate surface area is 238 Å². The summed E-state index contributed by atoms with van der Waals surface area (Å²) in [5, 5.41) is 3.31. The second-order valence-corrected chi connectivity index (χ2v) is 11.7. The second kappa shape index (κ2) is 14.2. The van der Waals surface area contributed by atoms with Gasteiger partial charge in [0.2, 0.25) is 21.8 Å². The number of nitrogens with one attached hydrogen (secondary N) is 1. The normalized spacial score (nSPS) is 12.0. The number of halogens is 3. The smallest absolute Gasteiger partial charge is 0.244 e. The molecule has 3 aromatic rings. The van der Waals surface area contributed by atoms with E-state index in [0.29, 0.717) is 27.5 Å². The number of hydrogen-bond acceptors (Lipinski definition) is 4. The van der Waals surface area contributed by atoms with E-state index in [9.17, 15) is 26.8 Å². The van der Waals surface area contributed by atoms with E-state index in [0.717, 1.165) is 36.8 Å². The van der Waals surface area contributed by atoms with Gasteiger partial charge in [0.15, 0.2) is 11.6 Å². The minimum absolute atomic E-state index is 0.0481. The van der Waals surface area contributed by atoms with Gasteiger partial charge in [-0.3, -0.25) is 13.9 Å². The number of benzene rings is 3. The summed E-state index contributed by atoms with van der Waals surface area (Å²) in [5.41, 5.74) is 1.20. The van der Waals surface area contributed by atoms with Gasteiger partial charge in [0.1, 0.15) is 12.6 Å². The van der Waals surface area contributed by atoms with Gasteiger partial charge < -0.3 is 10.2 Å². The summed E-state index contributed by atoms with van der Waals surface area (Å²) in [4.78, 5) is 28.7. The summed E-state index contributed by atoms with van der Waals surface area (Å²) >= 11 is 6.18. The van der Waals surface area contributed by atoms with E-state index >= 15 is 0 Å². The van der Waals surface area contributed by atoms with Gasteiger partial charge in [-0.05, 0) is 41.8 Å². The number of rotatable bonds is 13. The molecule has 0 saturated heterocycles. The van der Waals surface area contributed by atoms with Crippen molar-refractivity contribution in [3.05, 3.63) is 101 Å². The van der Waals surface area contributed by atoms with Crippen LogP contribution in [0.2, 0.25) is 5.02 Å². The first kappa shape index (κ1) is 31.0. The number of unbranched alkanes of at least 4 members (excludes halogenated alkanes) is 1. The Balaban J connectivity index is 2.04. The van der Waals surface area contributed by atoms with Crippen LogP contribution >= 0.6 is 11.6 Å². The van der Waals surface area contributed by atoms with E-state index in [4.69, 9.17) is 11.6 Å². The quantitative estimate of drug-likeness (QED) is 0.285. The first-order valence-electron chi connectivity index (χ1n) is 12.8. The molecule has 0 aliphatic heterocycles. The Kier molecular flexibility index (Phi) is 11.0. The highest BCUT2D eigenvalue weighted by atomic mass is 35.5. The Hall–Kier alpha value is -3.50. The maximum Gasteiger partial charge on any atom is 0.244 e. The van der Waals surface area contributed by atoms with Gasteiger partial charge in [0, 0.05) is 30.6 Å². The van der Waals surface area contributed by atoms with Crippen molar-refractivity contribution >= 4 is 39.1 Å². The molecule has 0 spiro atoms. The number of anilines is 1.